The largest absolute Gasteiger partial charge is 0.507 e. The second-order valence-corrected chi connectivity index (χ2v) is 4.50. The van der Waals surface area contributed by atoms with E-state index in [1.807, 2.05) is 0 Å². The van der Waals surface area contributed by atoms with E-state index in [4.69, 9.17) is 0 Å². The second kappa shape index (κ2) is 7.02. The number of carbonyl (C=O) groups excluding carboxylic acids is 2. The number of aliphatic hydroxyl groups excluding tert-OH is 2. The van der Waals surface area contributed by atoms with Gasteiger partial charge in [-0.25, -0.2) is 0 Å². The van der Waals surface area contributed by atoms with E-state index < -0.39 is 12.2 Å². The van der Waals surface area contributed by atoms with Crippen molar-refractivity contribution in [2.24, 2.45) is 0 Å². The van der Waals surface area contributed by atoms with Crippen LogP contribution in [0, 0.1) is 0 Å². The van der Waals surface area contributed by atoms with Crippen molar-refractivity contribution in [1.29, 1.82) is 0 Å². The van der Waals surface area contributed by atoms with Crippen molar-refractivity contribution in [2.75, 3.05) is 6.54 Å². The Labute approximate surface area is 117 Å². The van der Waals surface area contributed by atoms with E-state index in [0.717, 1.165) is 0 Å². The van der Waals surface area contributed by atoms with Crippen LogP contribution in [0.15, 0.2) is 18.2 Å². The lowest BCUT2D eigenvalue weighted by atomic mass is 9.98. The first kappa shape index (κ1) is 16.1. The fourth-order valence-electron chi connectivity index (χ4n) is 1.73. The monoisotopic (exact) mass is 281 g/mol. The normalized spacial score (nSPS) is 13.6. The predicted molar refractivity (Wildman–Crippen MR) is 72.4 cm³/mol. The maximum absolute atomic E-state index is 11.6. The molecular weight excluding hydrogens is 262 g/mol. The maximum atomic E-state index is 11.6. The third-order valence-electron chi connectivity index (χ3n) is 2.91. The molecule has 1 amide bonds. The van der Waals surface area contributed by atoms with E-state index in [1.165, 1.54) is 25.1 Å². The van der Waals surface area contributed by atoms with Crippen molar-refractivity contribution < 1.29 is 24.9 Å². The van der Waals surface area contributed by atoms with Crippen molar-refractivity contribution in [2.45, 2.75) is 32.5 Å². The standard InChI is InChI=1S/C14H19NO5/c1-3-11(17)10-6-9(4-5-12(10)18)14(20)13(19)7-15-8(2)16/h4-6,13-14,18-20H,3,7H2,1-2H3,(H,15,16). The van der Waals surface area contributed by atoms with Crippen molar-refractivity contribution in [3.8, 4) is 5.75 Å². The Morgan fingerprint density at radius 1 is 1.30 bits per heavy atom. The van der Waals surface area contributed by atoms with Crippen LogP contribution in [-0.4, -0.2) is 39.7 Å². The highest BCUT2D eigenvalue weighted by Gasteiger charge is 2.20. The summed E-state index contributed by atoms with van der Waals surface area (Å²) in [6, 6.07) is 4.07. The summed E-state index contributed by atoms with van der Waals surface area (Å²) >= 11 is 0. The molecule has 2 unspecified atom stereocenters. The van der Waals surface area contributed by atoms with Gasteiger partial charge in [0.15, 0.2) is 5.78 Å². The lowest BCUT2D eigenvalue weighted by molar-refractivity contribution is -0.119. The molecule has 0 aromatic heterocycles. The van der Waals surface area contributed by atoms with Crippen LogP contribution in [0.1, 0.15) is 42.3 Å². The Hall–Kier alpha value is -1.92. The number of carbonyl (C=O) groups is 2. The van der Waals surface area contributed by atoms with Crippen LogP contribution in [0.3, 0.4) is 0 Å². The molecule has 0 aliphatic heterocycles. The van der Waals surface area contributed by atoms with Gasteiger partial charge in [0, 0.05) is 19.9 Å². The number of ketones is 1. The molecule has 0 aliphatic carbocycles. The summed E-state index contributed by atoms with van der Waals surface area (Å²) in [4.78, 5) is 22.4. The van der Waals surface area contributed by atoms with Gasteiger partial charge < -0.3 is 20.6 Å². The van der Waals surface area contributed by atoms with Crippen LogP contribution in [0.2, 0.25) is 0 Å². The number of hydrogen-bond acceptors (Lipinski definition) is 5. The second-order valence-electron chi connectivity index (χ2n) is 4.50. The van der Waals surface area contributed by atoms with Crippen LogP contribution >= 0.6 is 0 Å². The molecule has 0 saturated heterocycles. The molecule has 0 saturated carbocycles. The highest BCUT2D eigenvalue weighted by Crippen LogP contribution is 2.25. The Kier molecular flexibility index (Phi) is 5.66. The first-order valence-electron chi connectivity index (χ1n) is 6.33. The lowest BCUT2D eigenvalue weighted by Crippen LogP contribution is -2.34. The first-order valence-corrected chi connectivity index (χ1v) is 6.33. The number of hydrogen-bond donors (Lipinski definition) is 4. The highest BCUT2D eigenvalue weighted by atomic mass is 16.3. The van der Waals surface area contributed by atoms with E-state index in [2.05, 4.69) is 5.32 Å². The van der Waals surface area contributed by atoms with Crippen molar-refractivity contribution in [3.05, 3.63) is 29.3 Å². The number of aromatic hydroxyl groups is 1. The van der Waals surface area contributed by atoms with Crippen LogP contribution in [-0.2, 0) is 4.79 Å². The van der Waals surface area contributed by atoms with Crippen LogP contribution in [0.4, 0.5) is 0 Å². The van der Waals surface area contributed by atoms with Gasteiger partial charge in [-0.15, -0.1) is 0 Å². The summed E-state index contributed by atoms with van der Waals surface area (Å²) in [7, 11) is 0. The van der Waals surface area contributed by atoms with Gasteiger partial charge >= 0.3 is 0 Å². The predicted octanol–water partition coefficient (Wildman–Crippen LogP) is 0.515. The third kappa shape index (κ3) is 4.04. The van der Waals surface area contributed by atoms with Crippen molar-refractivity contribution in [1.82, 2.24) is 5.32 Å². The minimum Gasteiger partial charge on any atom is -0.507 e. The van der Waals surface area contributed by atoms with E-state index in [1.54, 1.807) is 6.92 Å². The molecule has 0 aliphatic rings. The summed E-state index contributed by atoms with van der Waals surface area (Å²) < 4.78 is 0. The summed E-state index contributed by atoms with van der Waals surface area (Å²) in [5.74, 6) is -0.735. The molecule has 0 spiro atoms. The van der Waals surface area contributed by atoms with Gasteiger partial charge in [-0.2, -0.15) is 0 Å². The topological polar surface area (TPSA) is 107 Å². The van der Waals surface area contributed by atoms with Crippen LogP contribution in [0.25, 0.3) is 0 Å². The average Bonchev–Trinajstić information content (AvgIpc) is 2.43. The number of nitrogens with one attached hydrogen (secondary N) is 1. The van der Waals surface area contributed by atoms with Gasteiger partial charge in [0.25, 0.3) is 0 Å². The number of Topliss-reactive ketones (excluding diaryl/α,β-unsaturated/α-hetero) is 1. The fraction of sp³-hybridized carbons (Fsp3) is 0.429. The molecular formula is C14H19NO5. The van der Waals surface area contributed by atoms with Crippen molar-refractivity contribution in [3.63, 3.8) is 0 Å². The zero-order chi connectivity index (χ0) is 15.3. The molecule has 4 N–H and O–H groups in total. The average molecular weight is 281 g/mol. The Morgan fingerprint density at radius 3 is 2.50 bits per heavy atom. The third-order valence-corrected chi connectivity index (χ3v) is 2.91. The lowest BCUT2D eigenvalue weighted by Gasteiger charge is -2.19. The summed E-state index contributed by atoms with van der Waals surface area (Å²) in [6.07, 6.45) is -2.24. The quantitative estimate of drug-likeness (QED) is 0.569. The minimum absolute atomic E-state index is 0.103. The molecule has 110 valence electrons. The zero-order valence-electron chi connectivity index (χ0n) is 11.5. The number of rotatable bonds is 6. The maximum Gasteiger partial charge on any atom is 0.216 e. The Balaban J connectivity index is 2.90. The molecule has 1 aromatic rings. The number of phenolic OH excluding ortho intramolecular Hbond substituents is 1. The molecule has 0 heterocycles. The van der Waals surface area contributed by atoms with Gasteiger partial charge in [-0.1, -0.05) is 13.0 Å². The van der Waals surface area contributed by atoms with Gasteiger partial charge in [-0.05, 0) is 17.7 Å². The van der Waals surface area contributed by atoms with Gasteiger partial charge in [-0.3, -0.25) is 9.59 Å². The molecule has 6 nitrogen and oxygen atoms in total. The van der Waals surface area contributed by atoms with E-state index in [0.29, 0.717) is 5.56 Å². The Bertz CT molecular complexity index is 500. The minimum atomic E-state index is -1.26. The van der Waals surface area contributed by atoms with E-state index in [9.17, 15) is 24.9 Å². The van der Waals surface area contributed by atoms with Crippen molar-refractivity contribution >= 4 is 11.7 Å². The molecule has 1 rings (SSSR count). The van der Waals surface area contributed by atoms with Gasteiger partial charge in [0.1, 0.15) is 18.0 Å². The van der Waals surface area contributed by atoms with Gasteiger partial charge in [0.05, 0.1) is 5.56 Å². The summed E-state index contributed by atoms with van der Waals surface area (Å²) in [5, 5.41) is 31.7. The smallest absolute Gasteiger partial charge is 0.216 e. The van der Waals surface area contributed by atoms with Gasteiger partial charge in [0.2, 0.25) is 5.91 Å². The molecule has 0 bridgehead atoms. The number of amides is 1. The molecule has 0 fully saturated rings. The van der Waals surface area contributed by atoms with E-state index >= 15 is 0 Å². The molecule has 20 heavy (non-hydrogen) atoms. The number of phenols is 1. The number of aliphatic hydroxyl groups is 2. The SMILES string of the molecule is CCC(=O)c1cc(C(O)C(O)CNC(C)=O)ccc1O. The molecule has 1 aromatic carbocycles. The first-order chi connectivity index (χ1) is 9.36. The summed E-state index contributed by atoms with van der Waals surface area (Å²) in [5.41, 5.74) is 0.410. The summed E-state index contributed by atoms with van der Waals surface area (Å²) in [6.45, 7) is 2.86. The molecule has 0 radical (unpaired) electrons. The fourth-order valence-corrected chi connectivity index (χ4v) is 1.73. The molecule has 2 atom stereocenters. The molecule has 6 heteroatoms. The van der Waals surface area contributed by atoms with Crippen LogP contribution in [0.5, 0.6) is 5.75 Å². The van der Waals surface area contributed by atoms with Crippen LogP contribution < -0.4 is 5.32 Å². The zero-order valence-corrected chi connectivity index (χ0v) is 11.5. The highest BCUT2D eigenvalue weighted by molar-refractivity contribution is 5.98. The Morgan fingerprint density at radius 2 is 1.95 bits per heavy atom. The van der Waals surface area contributed by atoms with E-state index in [-0.39, 0.29) is 36.0 Å². The number of benzene rings is 1.